The largest absolute Gasteiger partial charge is 0.351 e. The monoisotopic (exact) mass is 334 g/mol. The molecule has 0 aliphatic carbocycles. The van der Waals surface area contributed by atoms with Crippen molar-refractivity contribution in [2.24, 2.45) is 11.1 Å². The van der Waals surface area contributed by atoms with Crippen LogP contribution in [0.2, 0.25) is 0 Å². The van der Waals surface area contributed by atoms with Gasteiger partial charge in [-0.15, -0.1) is 11.3 Å². The van der Waals surface area contributed by atoms with Crippen molar-refractivity contribution in [3.05, 3.63) is 17.0 Å². The molecule has 1 amide bonds. The molecular formula is C12H18N2O3S3. The summed E-state index contributed by atoms with van der Waals surface area (Å²) in [6.07, 6.45) is 2.77. The van der Waals surface area contributed by atoms with Crippen molar-refractivity contribution >= 4 is 39.0 Å². The first-order valence-electron chi connectivity index (χ1n) is 6.41. The number of thiophene rings is 1. The van der Waals surface area contributed by atoms with Crippen molar-refractivity contribution in [3.63, 3.8) is 0 Å². The molecule has 1 aromatic heterocycles. The van der Waals surface area contributed by atoms with Crippen LogP contribution in [-0.4, -0.2) is 25.8 Å². The Kier molecular flexibility index (Phi) is 5.48. The summed E-state index contributed by atoms with van der Waals surface area (Å²) in [5.74, 6) is 2.80. The number of thioether (sulfide) groups is 1. The van der Waals surface area contributed by atoms with Crippen molar-refractivity contribution in [1.82, 2.24) is 5.32 Å². The number of amides is 1. The molecule has 1 aromatic rings. The highest BCUT2D eigenvalue weighted by Gasteiger charge is 2.17. The number of nitrogens with two attached hydrogens (primary N) is 1. The average Bonchev–Trinajstić information content (AvgIpc) is 2.86. The normalized spacial score (nSPS) is 17.1. The van der Waals surface area contributed by atoms with Crippen LogP contribution in [-0.2, 0) is 21.4 Å². The lowest BCUT2D eigenvalue weighted by Crippen LogP contribution is -2.26. The second kappa shape index (κ2) is 6.93. The molecule has 0 unspecified atom stereocenters. The molecule has 1 aliphatic heterocycles. The maximum absolute atomic E-state index is 11.8. The molecule has 1 saturated heterocycles. The quantitative estimate of drug-likeness (QED) is 0.855. The Morgan fingerprint density at radius 1 is 1.35 bits per heavy atom. The Hall–Kier alpha value is -0.570. The molecule has 2 heterocycles. The minimum absolute atomic E-state index is 0.0347. The smallest absolute Gasteiger partial charge is 0.247 e. The van der Waals surface area contributed by atoms with Crippen LogP contribution in [0.25, 0.3) is 0 Å². The maximum atomic E-state index is 11.8. The maximum Gasteiger partial charge on any atom is 0.247 e. The highest BCUT2D eigenvalue weighted by Crippen LogP contribution is 2.25. The number of carbonyl (C=O) groups is 1. The van der Waals surface area contributed by atoms with Crippen molar-refractivity contribution in [3.8, 4) is 0 Å². The third-order valence-corrected chi connectivity index (χ3v) is 6.76. The number of nitrogens with one attached hydrogen (secondary N) is 1. The fourth-order valence-electron chi connectivity index (χ4n) is 2.08. The molecule has 0 aromatic carbocycles. The van der Waals surface area contributed by atoms with Crippen LogP contribution >= 0.6 is 23.1 Å². The molecule has 0 bridgehead atoms. The van der Waals surface area contributed by atoms with Crippen LogP contribution in [0.15, 0.2) is 16.3 Å². The number of hydrogen-bond donors (Lipinski definition) is 2. The summed E-state index contributed by atoms with van der Waals surface area (Å²) in [6, 6.07) is 3.15. The lowest BCUT2D eigenvalue weighted by molar-refractivity contribution is -0.122. The Bertz CT molecular complexity index is 562. The molecule has 2 rings (SSSR count). The van der Waals surface area contributed by atoms with Crippen molar-refractivity contribution in [1.29, 1.82) is 0 Å². The lowest BCUT2D eigenvalue weighted by atomic mass is 9.98. The molecule has 0 spiro atoms. The second-order valence-corrected chi connectivity index (χ2v) is 8.98. The summed E-state index contributed by atoms with van der Waals surface area (Å²) >= 11 is 3.04. The molecule has 1 aliphatic rings. The third-order valence-electron chi connectivity index (χ3n) is 3.19. The van der Waals surface area contributed by atoms with Gasteiger partial charge in [0.15, 0.2) is 0 Å². The fraction of sp³-hybridized carbons (Fsp3) is 0.583. The van der Waals surface area contributed by atoms with E-state index in [4.69, 9.17) is 5.14 Å². The van der Waals surface area contributed by atoms with Crippen LogP contribution in [0.3, 0.4) is 0 Å². The van der Waals surface area contributed by atoms with Gasteiger partial charge in [0.05, 0.1) is 6.54 Å². The predicted octanol–water partition coefficient (Wildman–Crippen LogP) is 1.54. The van der Waals surface area contributed by atoms with Gasteiger partial charge < -0.3 is 5.32 Å². The molecule has 0 saturated carbocycles. The number of primary sulfonamides is 1. The molecule has 8 heteroatoms. The fourth-order valence-corrected chi connectivity index (χ4v) is 5.00. The summed E-state index contributed by atoms with van der Waals surface area (Å²) in [4.78, 5) is 12.6. The third kappa shape index (κ3) is 4.76. The molecule has 1 fully saturated rings. The van der Waals surface area contributed by atoms with E-state index in [-0.39, 0.29) is 10.1 Å². The minimum Gasteiger partial charge on any atom is -0.351 e. The van der Waals surface area contributed by atoms with Crippen LogP contribution in [0.4, 0.5) is 0 Å². The van der Waals surface area contributed by atoms with Gasteiger partial charge in [0.2, 0.25) is 15.9 Å². The van der Waals surface area contributed by atoms with Gasteiger partial charge in [-0.05, 0) is 42.4 Å². The lowest BCUT2D eigenvalue weighted by Gasteiger charge is -2.20. The molecule has 0 radical (unpaired) electrons. The first kappa shape index (κ1) is 15.8. The molecule has 112 valence electrons. The summed E-state index contributed by atoms with van der Waals surface area (Å²) in [7, 11) is -3.64. The van der Waals surface area contributed by atoms with E-state index < -0.39 is 10.0 Å². The summed E-state index contributed by atoms with van der Waals surface area (Å²) in [5.41, 5.74) is 0. The number of hydrogen-bond acceptors (Lipinski definition) is 5. The zero-order valence-electron chi connectivity index (χ0n) is 11.0. The van der Waals surface area contributed by atoms with Crippen molar-refractivity contribution < 1.29 is 13.2 Å². The highest BCUT2D eigenvalue weighted by atomic mass is 32.2. The zero-order valence-corrected chi connectivity index (χ0v) is 13.5. The van der Waals surface area contributed by atoms with Gasteiger partial charge >= 0.3 is 0 Å². The first-order valence-corrected chi connectivity index (χ1v) is 9.93. The molecule has 3 N–H and O–H groups in total. The van der Waals surface area contributed by atoms with E-state index in [0.29, 0.717) is 18.9 Å². The van der Waals surface area contributed by atoms with E-state index in [1.54, 1.807) is 6.07 Å². The number of rotatable bonds is 5. The van der Waals surface area contributed by atoms with Crippen LogP contribution in [0.1, 0.15) is 24.1 Å². The number of sulfonamides is 1. The van der Waals surface area contributed by atoms with Gasteiger partial charge in [0, 0.05) is 11.3 Å². The summed E-state index contributed by atoms with van der Waals surface area (Å²) in [5, 5.41) is 7.88. The Labute approximate surface area is 127 Å². The van der Waals surface area contributed by atoms with Crippen molar-refractivity contribution in [2.45, 2.75) is 30.0 Å². The van der Waals surface area contributed by atoms with E-state index in [1.807, 2.05) is 11.8 Å². The van der Waals surface area contributed by atoms with E-state index >= 15 is 0 Å². The SMILES string of the molecule is NS(=O)(=O)c1ccc(CNC(=O)CC2CCSCC2)s1. The predicted molar refractivity (Wildman–Crippen MR) is 82.2 cm³/mol. The second-order valence-electron chi connectivity index (χ2n) is 4.80. The van der Waals surface area contributed by atoms with Crippen LogP contribution in [0.5, 0.6) is 0 Å². The van der Waals surface area contributed by atoms with Gasteiger partial charge in [-0.25, -0.2) is 13.6 Å². The standard InChI is InChI=1S/C12H18N2O3S3/c13-20(16,17)12-2-1-10(19-12)8-14-11(15)7-9-3-5-18-6-4-9/h1-2,9H,3-8H2,(H,14,15)(H2,13,16,17). The topological polar surface area (TPSA) is 89.3 Å². The van der Waals surface area contributed by atoms with Gasteiger partial charge in [-0.3, -0.25) is 4.79 Å². The molecule has 20 heavy (non-hydrogen) atoms. The minimum atomic E-state index is -3.64. The summed E-state index contributed by atoms with van der Waals surface area (Å²) in [6.45, 7) is 0.362. The molecule has 0 atom stereocenters. The van der Waals surface area contributed by atoms with E-state index in [9.17, 15) is 13.2 Å². The van der Waals surface area contributed by atoms with E-state index in [2.05, 4.69) is 5.32 Å². The summed E-state index contributed by atoms with van der Waals surface area (Å²) < 4.78 is 22.4. The molecule has 5 nitrogen and oxygen atoms in total. The Morgan fingerprint density at radius 3 is 2.65 bits per heavy atom. The van der Waals surface area contributed by atoms with E-state index in [0.717, 1.165) is 40.6 Å². The Balaban J connectivity index is 1.79. The van der Waals surface area contributed by atoms with Gasteiger partial charge in [0.25, 0.3) is 0 Å². The van der Waals surface area contributed by atoms with Gasteiger partial charge in [0.1, 0.15) is 4.21 Å². The van der Waals surface area contributed by atoms with Gasteiger partial charge in [-0.1, -0.05) is 0 Å². The highest BCUT2D eigenvalue weighted by molar-refractivity contribution is 7.99. The average molecular weight is 334 g/mol. The Morgan fingerprint density at radius 2 is 2.05 bits per heavy atom. The molecular weight excluding hydrogens is 316 g/mol. The van der Waals surface area contributed by atoms with Gasteiger partial charge in [-0.2, -0.15) is 11.8 Å². The first-order chi connectivity index (χ1) is 9.45. The van der Waals surface area contributed by atoms with Crippen molar-refractivity contribution in [2.75, 3.05) is 11.5 Å². The van der Waals surface area contributed by atoms with Crippen LogP contribution < -0.4 is 10.5 Å². The zero-order chi connectivity index (χ0) is 14.6. The van der Waals surface area contributed by atoms with E-state index in [1.165, 1.54) is 6.07 Å². The van der Waals surface area contributed by atoms with Crippen LogP contribution in [0, 0.1) is 5.92 Å². The number of carbonyl (C=O) groups excluding carboxylic acids is 1.